The molecule has 0 saturated heterocycles. The van der Waals surface area contributed by atoms with Gasteiger partial charge in [-0.15, -0.1) is 24.6 Å². The number of hydrogen-bond donors (Lipinski definition) is 0. The Labute approximate surface area is 124 Å². The van der Waals surface area contributed by atoms with Crippen molar-refractivity contribution in [1.82, 2.24) is 0 Å². The van der Waals surface area contributed by atoms with Crippen molar-refractivity contribution in [2.45, 2.75) is 12.8 Å². The Morgan fingerprint density at radius 3 is 1.56 bits per heavy atom. The third-order valence-electron chi connectivity index (χ3n) is 1.97. The summed E-state index contributed by atoms with van der Waals surface area (Å²) in [6, 6.07) is 0. The molecule has 0 aliphatic heterocycles. The third kappa shape index (κ3) is 7.49. The maximum absolute atomic E-state index is 2.28. The second kappa shape index (κ2) is 13.3. The molecule has 0 nitrogen and oxygen atoms in total. The van der Waals surface area contributed by atoms with Crippen molar-refractivity contribution in [2.75, 3.05) is 0 Å². The van der Waals surface area contributed by atoms with Crippen LogP contribution in [0.5, 0.6) is 0 Å². The van der Waals surface area contributed by atoms with Crippen LogP contribution in [0, 0.1) is 21.3 Å². The summed E-state index contributed by atoms with van der Waals surface area (Å²) in [6.45, 7) is 1.95. The van der Waals surface area contributed by atoms with E-state index in [1.165, 1.54) is 11.1 Å². The summed E-state index contributed by atoms with van der Waals surface area (Å²) in [5, 5.41) is 0. The Morgan fingerprint density at radius 2 is 1.31 bits per heavy atom. The van der Waals surface area contributed by atoms with Crippen LogP contribution in [0.1, 0.15) is 12.8 Å². The van der Waals surface area contributed by atoms with E-state index in [0.717, 1.165) is 12.8 Å². The summed E-state index contributed by atoms with van der Waals surface area (Å²) in [5.74, 6) is 0. The zero-order valence-electron chi connectivity index (χ0n) is 10.1. The topological polar surface area (TPSA) is 0 Å². The van der Waals surface area contributed by atoms with Gasteiger partial charge < -0.3 is 14.9 Å². The van der Waals surface area contributed by atoms with Crippen LogP contribution in [0.2, 0.25) is 0 Å². The fourth-order valence-electron chi connectivity index (χ4n) is 1.38. The molecule has 0 amide bonds. The van der Waals surface area contributed by atoms with Gasteiger partial charge in [-0.05, 0) is 12.8 Å². The maximum atomic E-state index is 2.28. The van der Waals surface area contributed by atoms with Gasteiger partial charge in [-0.3, -0.25) is 0 Å². The van der Waals surface area contributed by atoms with Gasteiger partial charge in [0.05, 0.1) is 0 Å². The molecule has 0 atom stereocenters. The zero-order chi connectivity index (χ0) is 9.52. The Hall–Kier alpha value is 0.220. The Kier molecular flexibility index (Phi) is 17.9. The first-order valence-electron chi connectivity index (χ1n) is 4.37. The van der Waals surface area contributed by atoms with Crippen LogP contribution in [0.25, 0.3) is 0 Å². The monoisotopic (exact) mass is 329 g/mol. The molecule has 0 bridgehead atoms. The van der Waals surface area contributed by atoms with Gasteiger partial charge in [-0.25, -0.2) is 0 Å². The van der Waals surface area contributed by atoms with E-state index in [-0.39, 0.29) is 27.3 Å². The molecule has 0 saturated carbocycles. The van der Waals surface area contributed by atoms with Crippen LogP contribution < -0.4 is 0 Å². The molecule has 0 aromatic heterocycles. The van der Waals surface area contributed by atoms with Gasteiger partial charge in [0, 0.05) is 0 Å². The molecule has 0 aromatic rings. The van der Waals surface area contributed by atoms with Crippen LogP contribution in [-0.4, -0.2) is 6.88 Å². The summed E-state index contributed by atoms with van der Waals surface area (Å²) in [4.78, 5) is 0. The van der Waals surface area contributed by atoms with Gasteiger partial charge in [-0.2, -0.15) is 29.7 Å². The van der Waals surface area contributed by atoms with Crippen molar-refractivity contribution < 1.29 is 23.3 Å². The molecule has 0 aromatic carbocycles. The van der Waals surface area contributed by atoms with E-state index >= 15 is 0 Å². The average molecular weight is 331 g/mol. The third-order valence-corrected chi connectivity index (χ3v) is 1.97. The van der Waals surface area contributed by atoms with Crippen LogP contribution in [0.15, 0.2) is 47.6 Å². The normalized spacial score (nSPS) is 14.2. The number of allylic oxidation sites excluding steroid dienone is 8. The molecular formula is C13H20ClSiZr-3. The molecule has 0 fully saturated rings. The minimum absolute atomic E-state index is 0. The molecule has 0 heterocycles. The Morgan fingerprint density at radius 1 is 0.938 bits per heavy atom. The van der Waals surface area contributed by atoms with Gasteiger partial charge in [-0.1, -0.05) is 12.2 Å². The van der Waals surface area contributed by atoms with E-state index in [9.17, 15) is 0 Å². The predicted octanol–water partition coefficient (Wildman–Crippen LogP) is 3.37. The zero-order valence-corrected chi connectivity index (χ0v) is 14.8. The first kappa shape index (κ1) is 21.5. The van der Waals surface area contributed by atoms with Gasteiger partial charge in [0.25, 0.3) is 0 Å². The second-order valence-corrected chi connectivity index (χ2v) is 2.89. The van der Waals surface area contributed by atoms with Crippen LogP contribution >= 0.6 is 12.4 Å². The molecule has 2 aliphatic carbocycles. The first-order valence-corrected chi connectivity index (χ1v) is 10.3. The molecule has 3 heteroatoms. The van der Waals surface area contributed by atoms with E-state index in [4.69, 9.17) is 0 Å². The number of rotatable bonds is 2. The molecule has 0 unspecified atom stereocenters. The van der Waals surface area contributed by atoms with E-state index in [0.29, 0.717) is 0 Å². The molecule has 0 spiro atoms. The van der Waals surface area contributed by atoms with E-state index < -0.39 is 0 Å². The van der Waals surface area contributed by atoms with Crippen LogP contribution in [0.3, 0.4) is 0 Å². The number of halogens is 1. The van der Waals surface area contributed by atoms with Crippen molar-refractivity contribution in [3.8, 4) is 0 Å². The molecule has 0 radical (unpaired) electrons. The van der Waals surface area contributed by atoms with Gasteiger partial charge >= 0.3 is 30.2 Å². The summed E-state index contributed by atoms with van der Waals surface area (Å²) < 4.78 is 0. The van der Waals surface area contributed by atoms with E-state index in [2.05, 4.69) is 42.9 Å². The van der Waals surface area contributed by atoms with Crippen molar-refractivity contribution in [2.24, 2.45) is 0 Å². The quantitative estimate of drug-likeness (QED) is 0.538. The molecule has 2 rings (SSSR count). The fraction of sp³-hybridized carbons (Fsp3) is 0.154. The fourth-order valence-corrected chi connectivity index (χ4v) is 1.38. The van der Waals surface area contributed by atoms with Crippen molar-refractivity contribution in [1.29, 1.82) is 0 Å². The Bertz CT molecular complexity index is 262. The van der Waals surface area contributed by atoms with Crippen molar-refractivity contribution in [3.63, 3.8) is 0 Å². The molecule has 0 N–H and O–H groups in total. The van der Waals surface area contributed by atoms with E-state index in [1.807, 2.05) is 6.88 Å². The SMILES string of the molecule is C1=CCC([CH-]C2=CC=CC2)=C1.Cl.[CH3-].[CH3-].[SiH2]=[Zr]. The van der Waals surface area contributed by atoms with Gasteiger partial charge in [0.15, 0.2) is 0 Å². The molecule has 90 valence electrons. The van der Waals surface area contributed by atoms with Gasteiger partial charge in [0.2, 0.25) is 0 Å². The second-order valence-electron chi connectivity index (χ2n) is 2.89. The predicted molar refractivity (Wildman–Crippen MR) is 76.6 cm³/mol. The Balaban J connectivity index is -0.000000321. The summed E-state index contributed by atoms with van der Waals surface area (Å²) in [7, 11) is 0. The average Bonchev–Trinajstić information content (AvgIpc) is 2.81. The standard InChI is InChI=1S/C11H11.2CH3.ClH.H2Si.Zr/c1-2-6-10(5-1)9-11-7-3-4-8-11;;;;;/h1-5,7,9H,6,8H2;2*1H3;1H;1H2;/q3*-1;;;. The van der Waals surface area contributed by atoms with Gasteiger partial charge in [0.1, 0.15) is 0 Å². The molecule has 16 heavy (non-hydrogen) atoms. The number of hydrogen-bond acceptors (Lipinski definition) is 0. The summed E-state index contributed by atoms with van der Waals surface area (Å²) >= 11 is 1.58. The van der Waals surface area contributed by atoms with Crippen molar-refractivity contribution in [3.05, 3.63) is 68.9 Å². The first-order chi connectivity index (χ1) is 6.45. The van der Waals surface area contributed by atoms with Crippen LogP contribution in [0.4, 0.5) is 0 Å². The minimum atomic E-state index is 0. The van der Waals surface area contributed by atoms with Crippen LogP contribution in [-0.2, 0) is 23.3 Å². The molecular weight excluding hydrogens is 311 g/mol. The molecule has 2 aliphatic rings. The summed E-state index contributed by atoms with van der Waals surface area (Å²) in [5.41, 5.74) is 2.86. The van der Waals surface area contributed by atoms with E-state index in [1.54, 1.807) is 23.3 Å². The summed E-state index contributed by atoms with van der Waals surface area (Å²) in [6.07, 6.45) is 17.5. The van der Waals surface area contributed by atoms with Crippen molar-refractivity contribution >= 4 is 19.3 Å².